The summed E-state index contributed by atoms with van der Waals surface area (Å²) in [5, 5.41) is 18.8. The Balaban J connectivity index is 2.30. The number of allylic oxidation sites excluding steroid dienone is 1. The predicted octanol–water partition coefficient (Wildman–Crippen LogP) is 1.08. The molecule has 0 saturated carbocycles. The largest absolute Gasteiger partial charge is 0.496 e. The first-order valence-electron chi connectivity index (χ1n) is 6.97. The minimum Gasteiger partial charge on any atom is -0.496 e. The van der Waals surface area contributed by atoms with Crippen LogP contribution in [0.2, 0.25) is 0 Å². The molecule has 6 heteroatoms. The van der Waals surface area contributed by atoms with Crippen LogP contribution in [-0.2, 0) is 11.2 Å². The molecule has 118 valence electrons. The summed E-state index contributed by atoms with van der Waals surface area (Å²) in [6.45, 7) is 3.69. The van der Waals surface area contributed by atoms with E-state index < -0.39 is 24.0 Å². The van der Waals surface area contributed by atoms with Gasteiger partial charge >= 0.3 is 5.97 Å². The van der Waals surface area contributed by atoms with Gasteiger partial charge in [-0.3, -0.25) is 4.79 Å². The Kier molecular flexibility index (Phi) is 4.82. The first-order valence-corrected chi connectivity index (χ1v) is 6.97. The van der Waals surface area contributed by atoms with Gasteiger partial charge in [-0.05, 0) is 30.2 Å². The average Bonchev–Trinajstić information content (AvgIpc) is 2.89. The van der Waals surface area contributed by atoms with Crippen molar-refractivity contribution in [1.82, 2.24) is 4.90 Å². The zero-order valence-electron chi connectivity index (χ0n) is 12.4. The van der Waals surface area contributed by atoms with E-state index in [0.717, 1.165) is 5.56 Å². The van der Waals surface area contributed by atoms with Crippen LogP contribution in [0.15, 0.2) is 30.9 Å². The third kappa shape index (κ3) is 3.12. The number of methoxy groups -OCH3 is 1. The molecule has 0 spiro atoms. The highest BCUT2D eigenvalue weighted by atomic mass is 16.5. The number of carboxylic acid groups (broad SMARTS) is 1. The van der Waals surface area contributed by atoms with E-state index in [1.54, 1.807) is 31.4 Å². The van der Waals surface area contributed by atoms with E-state index >= 15 is 0 Å². The number of hydrogen-bond donors (Lipinski definition) is 2. The van der Waals surface area contributed by atoms with Crippen molar-refractivity contribution in [3.63, 3.8) is 0 Å². The molecule has 1 aromatic rings. The summed E-state index contributed by atoms with van der Waals surface area (Å²) in [6, 6.07) is 3.95. The number of aliphatic carboxylic acids is 1. The summed E-state index contributed by atoms with van der Waals surface area (Å²) in [7, 11) is 1.54. The average molecular weight is 305 g/mol. The van der Waals surface area contributed by atoms with Crippen molar-refractivity contribution in [2.75, 3.05) is 13.7 Å². The monoisotopic (exact) mass is 305 g/mol. The van der Waals surface area contributed by atoms with Crippen LogP contribution in [0.1, 0.15) is 22.3 Å². The first kappa shape index (κ1) is 16.0. The molecule has 1 fully saturated rings. The highest BCUT2D eigenvalue weighted by Gasteiger charge is 2.39. The second-order valence-corrected chi connectivity index (χ2v) is 5.22. The zero-order valence-corrected chi connectivity index (χ0v) is 12.4. The quantitative estimate of drug-likeness (QED) is 0.795. The van der Waals surface area contributed by atoms with Gasteiger partial charge in [0.2, 0.25) is 0 Å². The summed E-state index contributed by atoms with van der Waals surface area (Å²) >= 11 is 0. The summed E-state index contributed by atoms with van der Waals surface area (Å²) < 4.78 is 5.23. The maximum atomic E-state index is 12.5. The molecule has 1 heterocycles. The number of aliphatic hydroxyl groups is 1. The van der Waals surface area contributed by atoms with Crippen LogP contribution < -0.4 is 4.74 Å². The van der Waals surface area contributed by atoms with Crippen molar-refractivity contribution in [3.8, 4) is 5.75 Å². The van der Waals surface area contributed by atoms with E-state index in [4.69, 9.17) is 4.74 Å². The van der Waals surface area contributed by atoms with Crippen LogP contribution in [0.25, 0.3) is 0 Å². The van der Waals surface area contributed by atoms with E-state index in [0.29, 0.717) is 17.7 Å². The van der Waals surface area contributed by atoms with Gasteiger partial charge in [0.1, 0.15) is 11.8 Å². The standard InChI is InChI=1S/C16H19NO5/c1-3-4-10-7-11(5-6-14(10)22-2)15(19)17-9-12(18)8-13(17)16(20)21/h3,5-7,12-13,18H,1,4,8-9H2,2H3,(H,20,21)/t12-,13+/m1/s1. The number of β-amino-alcohol motifs (C(OH)–C–C–N with tert-alkyl or cyclic N) is 1. The second-order valence-electron chi connectivity index (χ2n) is 5.22. The molecule has 6 nitrogen and oxygen atoms in total. The van der Waals surface area contributed by atoms with Gasteiger partial charge in [-0.25, -0.2) is 4.79 Å². The molecule has 0 unspecified atom stereocenters. The Morgan fingerprint density at radius 2 is 2.23 bits per heavy atom. The first-order chi connectivity index (χ1) is 10.5. The number of aliphatic hydroxyl groups excluding tert-OH is 1. The normalized spacial score (nSPS) is 20.7. The lowest BCUT2D eigenvalue weighted by atomic mass is 10.1. The van der Waals surface area contributed by atoms with Gasteiger partial charge in [-0.15, -0.1) is 6.58 Å². The van der Waals surface area contributed by atoms with Crippen LogP contribution in [0.4, 0.5) is 0 Å². The SMILES string of the molecule is C=CCc1cc(C(=O)N2C[C@H](O)C[C@H]2C(=O)O)ccc1OC. The molecular formula is C16H19NO5. The molecule has 1 aromatic carbocycles. The fraction of sp³-hybridized carbons (Fsp3) is 0.375. The Labute approximate surface area is 128 Å². The lowest BCUT2D eigenvalue weighted by Gasteiger charge is -2.21. The number of ether oxygens (including phenoxy) is 1. The summed E-state index contributed by atoms with van der Waals surface area (Å²) in [6.07, 6.45) is 1.48. The Hall–Kier alpha value is -2.34. The van der Waals surface area contributed by atoms with E-state index in [2.05, 4.69) is 6.58 Å². The zero-order chi connectivity index (χ0) is 16.3. The molecule has 1 aliphatic rings. The van der Waals surface area contributed by atoms with Crippen LogP contribution in [0.5, 0.6) is 5.75 Å². The topological polar surface area (TPSA) is 87.1 Å². The number of hydrogen-bond acceptors (Lipinski definition) is 4. The van der Waals surface area contributed by atoms with Crippen molar-refractivity contribution in [2.24, 2.45) is 0 Å². The van der Waals surface area contributed by atoms with Crippen molar-refractivity contribution in [1.29, 1.82) is 0 Å². The highest BCUT2D eigenvalue weighted by molar-refractivity contribution is 5.97. The van der Waals surface area contributed by atoms with Crippen LogP contribution in [-0.4, -0.2) is 52.8 Å². The van der Waals surface area contributed by atoms with Gasteiger partial charge in [-0.2, -0.15) is 0 Å². The minimum absolute atomic E-state index is 0.0264. The van der Waals surface area contributed by atoms with E-state index in [9.17, 15) is 19.8 Å². The third-order valence-corrected chi connectivity index (χ3v) is 3.72. The van der Waals surface area contributed by atoms with Gasteiger partial charge in [0.15, 0.2) is 0 Å². The molecular weight excluding hydrogens is 286 g/mol. The van der Waals surface area contributed by atoms with Crippen LogP contribution >= 0.6 is 0 Å². The minimum atomic E-state index is -1.11. The fourth-order valence-corrected chi connectivity index (χ4v) is 2.66. The number of rotatable bonds is 5. The maximum Gasteiger partial charge on any atom is 0.326 e. The van der Waals surface area contributed by atoms with Crippen molar-refractivity contribution in [3.05, 3.63) is 42.0 Å². The van der Waals surface area contributed by atoms with Crippen molar-refractivity contribution >= 4 is 11.9 Å². The van der Waals surface area contributed by atoms with Gasteiger partial charge in [-0.1, -0.05) is 6.08 Å². The smallest absolute Gasteiger partial charge is 0.326 e. The predicted molar refractivity (Wildman–Crippen MR) is 80.0 cm³/mol. The van der Waals surface area contributed by atoms with Gasteiger partial charge in [0, 0.05) is 18.5 Å². The summed E-state index contributed by atoms with van der Waals surface area (Å²) in [5.41, 5.74) is 1.17. The summed E-state index contributed by atoms with van der Waals surface area (Å²) in [4.78, 5) is 25.0. The van der Waals surface area contributed by atoms with E-state index in [-0.39, 0.29) is 13.0 Å². The second kappa shape index (κ2) is 6.62. The number of benzene rings is 1. The molecule has 2 atom stereocenters. The fourth-order valence-electron chi connectivity index (χ4n) is 2.66. The molecule has 0 aliphatic carbocycles. The molecule has 1 aliphatic heterocycles. The maximum absolute atomic E-state index is 12.5. The Morgan fingerprint density at radius 1 is 1.50 bits per heavy atom. The lowest BCUT2D eigenvalue weighted by Crippen LogP contribution is -2.40. The number of carboxylic acids is 1. The third-order valence-electron chi connectivity index (χ3n) is 3.72. The van der Waals surface area contributed by atoms with Gasteiger partial charge in [0.05, 0.1) is 13.2 Å². The Morgan fingerprint density at radius 3 is 2.82 bits per heavy atom. The molecule has 22 heavy (non-hydrogen) atoms. The van der Waals surface area contributed by atoms with Crippen LogP contribution in [0, 0.1) is 0 Å². The number of nitrogens with zero attached hydrogens (tertiary/aromatic N) is 1. The molecule has 2 N–H and O–H groups in total. The lowest BCUT2D eigenvalue weighted by molar-refractivity contribution is -0.141. The van der Waals surface area contributed by atoms with Crippen molar-refractivity contribution < 1.29 is 24.5 Å². The number of carbonyl (C=O) groups is 2. The van der Waals surface area contributed by atoms with E-state index in [1.165, 1.54) is 4.90 Å². The highest BCUT2D eigenvalue weighted by Crippen LogP contribution is 2.25. The number of amides is 1. The van der Waals surface area contributed by atoms with Crippen LogP contribution in [0.3, 0.4) is 0 Å². The van der Waals surface area contributed by atoms with Gasteiger partial charge in [0.25, 0.3) is 5.91 Å². The molecule has 1 amide bonds. The van der Waals surface area contributed by atoms with Gasteiger partial charge < -0.3 is 19.8 Å². The molecule has 0 bridgehead atoms. The molecule has 0 aromatic heterocycles. The molecule has 0 radical (unpaired) electrons. The summed E-state index contributed by atoms with van der Waals surface area (Å²) in [5.74, 6) is -0.866. The molecule has 1 saturated heterocycles. The Bertz CT molecular complexity index is 598. The van der Waals surface area contributed by atoms with Crippen molar-refractivity contribution in [2.45, 2.75) is 25.0 Å². The van der Waals surface area contributed by atoms with E-state index in [1.807, 2.05) is 0 Å². The number of likely N-dealkylation sites (tertiary alicyclic amines) is 1. The molecule has 2 rings (SSSR count). The number of carbonyl (C=O) groups excluding carboxylic acids is 1.